The minimum atomic E-state index is -0.494. The Balaban J connectivity index is 1.14. The third kappa shape index (κ3) is 5.31. The van der Waals surface area contributed by atoms with Crippen molar-refractivity contribution in [3.8, 4) is 11.5 Å². The maximum absolute atomic E-state index is 12.4. The van der Waals surface area contributed by atoms with E-state index in [-0.39, 0.29) is 18.5 Å². The molecule has 2 aliphatic rings. The fraction of sp³-hybridized carbons (Fsp3) is 0.400. The number of nitrogens with zero attached hydrogens (tertiary/aromatic N) is 4. The molecule has 31 heavy (non-hydrogen) atoms. The molecule has 2 aliphatic heterocycles. The third-order valence-electron chi connectivity index (χ3n) is 5.17. The number of anilines is 1. The molecule has 1 saturated heterocycles. The van der Waals surface area contributed by atoms with Crippen LogP contribution in [0.1, 0.15) is 5.56 Å². The molecule has 0 spiro atoms. The second kappa shape index (κ2) is 9.47. The number of hydrogen-bond acceptors (Lipinski definition) is 8. The first-order chi connectivity index (χ1) is 15.1. The van der Waals surface area contributed by atoms with E-state index in [2.05, 4.69) is 20.5 Å². The molecule has 11 nitrogen and oxygen atoms in total. The van der Waals surface area contributed by atoms with E-state index in [0.717, 1.165) is 36.7 Å². The SMILES string of the molecule is O=C(NCCNc1ccc([N+](=O)[O-])cn1)N1CCN(Cc2ccc3c(c2)OCO3)CC1. The maximum atomic E-state index is 12.4. The molecular formula is C20H24N6O5. The van der Waals surface area contributed by atoms with E-state index >= 15 is 0 Å². The summed E-state index contributed by atoms with van der Waals surface area (Å²) in [5.74, 6) is 2.09. The summed E-state index contributed by atoms with van der Waals surface area (Å²) in [5, 5.41) is 16.5. The van der Waals surface area contributed by atoms with Crippen molar-refractivity contribution in [2.75, 3.05) is 51.4 Å². The molecule has 0 radical (unpaired) electrons. The van der Waals surface area contributed by atoms with Crippen molar-refractivity contribution in [2.45, 2.75) is 6.54 Å². The van der Waals surface area contributed by atoms with E-state index in [9.17, 15) is 14.9 Å². The predicted molar refractivity (Wildman–Crippen MR) is 112 cm³/mol. The van der Waals surface area contributed by atoms with Gasteiger partial charge in [-0.25, -0.2) is 9.78 Å². The number of amides is 2. The van der Waals surface area contributed by atoms with Crippen LogP contribution in [0.5, 0.6) is 11.5 Å². The van der Waals surface area contributed by atoms with Gasteiger partial charge in [-0.05, 0) is 23.8 Å². The fourth-order valence-electron chi connectivity index (χ4n) is 3.48. The fourth-order valence-corrected chi connectivity index (χ4v) is 3.48. The molecule has 2 aromatic rings. The lowest BCUT2D eigenvalue weighted by molar-refractivity contribution is -0.385. The van der Waals surface area contributed by atoms with E-state index < -0.39 is 4.92 Å². The van der Waals surface area contributed by atoms with Crippen LogP contribution in [0, 0.1) is 10.1 Å². The molecule has 1 aromatic carbocycles. The molecule has 0 saturated carbocycles. The summed E-state index contributed by atoms with van der Waals surface area (Å²) >= 11 is 0. The second-order valence-electron chi connectivity index (χ2n) is 7.27. The number of fused-ring (bicyclic) bond motifs is 1. The zero-order valence-corrected chi connectivity index (χ0v) is 17.0. The summed E-state index contributed by atoms with van der Waals surface area (Å²) in [6, 6.07) is 8.81. The van der Waals surface area contributed by atoms with E-state index in [4.69, 9.17) is 9.47 Å². The Morgan fingerprint density at radius 1 is 1.10 bits per heavy atom. The van der Waals surface area contributed by atoms with Crippen molar-refractivity contribution in [3.63, 3.8) is 0 Å². The van der Waals surface area contributed by atoms with E-state index in [1.54, 1.807) is 11.0 Å². The Bertz CT molecular complexity index is 930. The first-order valence-corrected chi connectivity index (χ1v) is 10.1. The van der Waals surface area contributed by atoms with Crippen LogP contribution in [-0.4, -0.2) is 71.8 Å². The summed E-state index contributed by atoms with van der Waals surface area (Å²) < 4.78 is 10.8. The Labute approximate surface area is 179 Å². The highest BCUT2D eigenvalue weighted by Crippen LogP contribution is 2.32. The van der Waals surface area contributed by atoms with Crippen LogP contribution in [0.3, 0.4) is 0 Å². The second-order valence-corrected chi connectivity index (χ2v) is 7.27. The number of piperazine rings is 1. The van der Waals surface area contributed by atoms with Crippen LogP contribution >= 0.6 is 0 Å². The number of benzene rings is 1. The Morgan fingerprint density at radius 3 is 2.65 bits per heavy atom. The Morgan fingerprint density at radius 2 is 1.90 bits per heavy atom. The van der Waals surface area contributed by atoms with Gasteiger partial charge in [0.05, 0.1) is 4.92 Å². The molecule has 4 rings (SSSR count). The van der Waals surface area contributed by atoms with Crippen molar-refractivity contribution >= 4 is 17.5 Å². The van der Waals surface area contributed by atoms with Crippen LogP contribution in [0.25, 0.3) is 0 Å². The molecule has 2 amide bonds. The van der Waals surface area contributed by atoms with Crippen LogP contribution in [0.2, 0.25) is 0 Å². The largest absolute Gasteiger partial charge is 0.454 e. The number of carbonyl (C=O) groups is 1. The third-order valence-corrected chi connectivity index (χ3v) is 5.17. The van der Waals surface area contributed by atoms with Gasteiger partial charge < -0.3 is 25.0 Å². The van der Waals surface area contributed by atoms with Crippen molar-refractivity contribution in [2.24, 2.45) is 0 Å². The number of nitrogens with one attached hydrogen (secondary N) is 2. The smallest absolute Gasteiger partial charge is 0.317 e. The number of nitro groups is 1. The molecular weight excluding hydrogens is 404 g/mol. The van der Waals surface area contributed by atoms with Gasteiger partial charge in [-0.2, -0.15) is 0 Å². The molecule has 0 bridgehead atoms. The number of pyridine rings is 1. The molecule has 3 heterocycles. The van der Waals surface area contributed by atoms with Crippen LogP contribution in [0.4, 0.5) is 16.3 Å². The normalized spacial score (nSPS) is 15.5. The van der Waals surface area contributed by atoms with Crippen molar-refractivity contribution < 1.29 is 19.2 Å². The quantitative estimate of drug-likeness (QED) is 0.388. The van der Waals surface area contributed by atoms with Crippen molar-refractivity contribution in [1.29, 1.82) is 0 Å². The highest BCUT2D eigenvalue weighted by molar-refractivity contribution is 5.74. The van der Waals surface area contributed by atoms with E-state index in [1.165, 1.54) is 12.3 Å². The number of aromatic nitrogens is 1. The highest BCUT2D eigenvalue weighted by atomic mass is 16.7. The zero-order valence-electron chi connectivity index (χ0n) is 17.0. The van der Waals surface area contributed by atoms with Gasteiger partial charge in [0, 0.05) is 51.9 Å². The Kier molecular flexibility index (Phi) is 6.32. The number of hydrogen-bond donors (Lipinski definition) is 2. The van der Waals surface area contributed by atoms with Gasteiger partial charge in [0.2, 0.25) is 6.79 Å². The molecule has 0 unspecified atom stereocenters. The van der Waals surface area contributed by atoms with Crippen molar-refractivity contribution in [1.82, 2.24) is 20.1 Å². The summed E-state index contributed by atoms with van der Waals surface area (Å²) in [7, 11) is 0. The average molecular weight is 428 g/mol. The molecule has 11 heteroatoms. The minimum Gasteiger partial charge on any atom is -0.454 e. The summed E-state index contributed by atoms with van der Waals surface area (Å²) in [5.41, 5.74) is 1.10. The highest BCUT2D eigenvalue weighted by Gasteiger charge is 2.21. The number of ether oxygens (including phenoxy) is 2. The van der Waals surface area contributed by atoms with Gasteiger partial charge in [-0.3, -0.25) is 15.0 Å². The van der Waals surface area contributed by atoms with Gasteiger partial charge >= 0.3 is 6.03 Å². The summed E-state index contributed by atoms with van der Waals surface area (Å²) in [6.45, 7) is 4.89. The summed E-state index contributed by atoms with van der Waals surface area (Å²) in [6.07, 6.45) is 1.20. The number of carbonyl (C=O) groups excluding carboxylic acids is 1. The lowest BCUT2D eigenvalue weighted by atomic mass is 10.1. The minimum absolute atomic E-state index is 0.0588. The van der Waals surface area contributed by atoms with E-state index in [1.807, 2.05) is 18.2 Å². The number of rotatable bonds is 7. The van der Waals surface area contributed by atoms with Gasteiger partial charge in [0.15, 0.2) is 11.5 Å². The lowest BCUT2D eigenvalue weighted by Crippen LogP contribution is -2.51. The predicted octanol–water partition coefficient (Wildman–Crippen LogP) is 1.66. The monoisotopic (exact) mass is 428 g/mol. The van der Waals surface area contributed by atoms with Gasteiger partial charge in [0.1, 0.15) is 12.0 Å². The van der Waals surface area contributed by atoms with Gasteiger partial charge in [0.25, 0.3) is 5.69 Å². The standard InChI is InChI=1S/C20H24N6O5/c27-20(22-6-5-21-19-4-2-16(12-23-19)26(28)29)25-9-7-24(8-10-25)13-15-1-3-17-18(11-15)31-14-30-17/h1-4,11-12H,5-10,13-14H2,(H,21,23)(H,22,27). The first-order valence-electron chi connectivity index (χ1n) is 10.1. The van der Waals surface area contributed by atoms with E-state index in [0.29, 0.717) is 32.0 Å². The van der Waals surface area contributed by atoms with Gasteiger partial charge in [-0.1, -0.05) is 6.07 Å². The van der Waals surface area contributed by atoms with Gasteiger partial charge in [-0.15, -0.1) is 0 Å². The topological polar surface area (TPSA) is 122 Å². The zero-order chi connectivity index (χ0) is 21.6. The molecule has 2 N–H and O–H groups in total. The lowest BCUT2D eigenvalue weighted by Gasteiger charge is -2.34. The number of urea groups is 1. The molecule has 164 valence electrons. The molecule has 0 atom stereocenters. The van der Waals surface area contributed by atoms with Crippen LogP contribution in [-0.2, 0) is 6.54 Å². The van der Waals surface area contributed by atoms with Crippen LogP contribution < -0.4 is 20.1 Å². The maximum Gasteiger partial charge on any atom is 0.317 e. The van der Waals surface area contributed by atoms with Crippen molar-refractivity contribution in [3.05, 3.63) is 52.2 Å². The first kappa shape index (κ1) is 20.7. The summed E-state index contributed by atoms with van der Waals surface area (Å²) in [4.78, 5) is 30.6. The van der Waals surface area contributed by atoms with Crippen LogP contribution in [0.15, 0.2) is 36.5 Å². The molecule has 1 aromatic heterocycles. The average Bonchev–Trinajstić information content (AvgIpc) is 3.25. The molecule has 0 aliphatic carbocycles. The molecule has 1 fully saturated rings. The Hall–Kier alpha value is -3.60.